The SMILES string of the molecule is C/C(C#N)=C1/c2ccc(Cn3c(-c4ccco4)nc4ccccc43)cc2COc2cc(F)ccc21. The Labute approximate surface area is 201 Å². The van der Waals surface area contributed by atoms with Crippen molar-refractivity contribution >= 4 is 16.6 Å². The van der Waals surface area contributed by atoms with Crippen molar-refractivity contribution in [2.24, 2.45) is 0 Å². The summed E-state index contributed by atoms with van der Waals surface area (Å²) in [6.45, 7) is 2.62. The lowest BCUT2D eigenvalue weighted by molar-refractivity contribution is 0.305. The summed E-state index contributed by atoms with van der Waals surface area (Å²) in [5.74, 6) is 1.52. The van der Waals surface area contributed by atoms with Crippen molar-refractivity contribution in [3.63, 3.8) is 0 Å². The van der Waals surface area contributed by atoms with Gasteiger partial charge in [-0.1, -0.05) is 24.3 Å². The summed E-state index contributed by atoms with van der Waals surface area (Å²) in [7, 11) is 0. The highest BCUT2D eigenvalue weighted by atomic mass is 19.1. The van der Waals surface area contributed by atoms with Crippen molar-refractivity contribution in [2.75, 3.05) is 0 Å². The van der Waals surface area contributed by atoms with Crippen LogP contribution in [0, 0.1) is 17.1 Å². The fraction of sp³-hybridized carbons (Fsp3) is 0.103. The van der Waals surface area contributed by atoms with E-state index < -0.39 is 0 Å². The maximum Gasteiger partial charge on any atom is 0.177 e. The molecule has 0 saturated heterocycles. The third-order valence-corrected chi connectivity index (χ3v) is 6.31. The zero-order chi connectivity index (χ0) is 23.9. The Bertz CT molecular complexity index is 1660. The topological polar surface area (TPSA) is 64.0 Å². The predicted octanol–water partition coefficient (Wildman–Crippen LogP) is 6.72. The molecule has 3 aromatic carbocycles. The quantitative estimate of drug-likeness (QED) is 0.280. The van der Waals surface area contributed by atoms with Crippen molar-refractivity contribution in [2.45, 2.75) is 20.1 Å². The summed E-state index contributed by atoms with van der Waals surface area (Å²) in [6, 6.07) is 24.6. The number of nitrogens with zero attached hydrogens (tertiary/aromatic N) is 3. The highest BCUT2D eigenvalue weighted by Crippen LogP contribution is 2.39. The number of imidazole rings is 1. The molecule has 0 aliphatic carbocycles. The Morgan fingerprint density at radius 3 is 2.74 bits per heavy atom. The summed E-state index contributed by atoms with van der Waals surface area (Å²) < 4.78 is 27.7. The number of allylic oxidation sites excluding steroid dienone is 1. The standard InChI is InChI=1S/C29H20FN3O2/c1-18(15-31)28-22-10-8-19(13-20(22)17-35-27-14-21(30)9-11-23(27)28)16-33-25-6-3-2-5-24(25)32-29(33)26-7-4-12-34-26/h2-14H,16-17H2,1H3/b28-18+. The third kappa shape index (κ3) is 3.58. The van der Waals surface area contributed by atoms with Crippen LogP contribution < -0.4 is 4.74 Å². The Kier molecular flexibility index (Phi) is 4.97. The molecule has 0 fully saturated rings. The van der Waals surface area contributed by atoms with E-state index in [-0.39, 0.29) is 12.4 Å². The van der Waals surface area contributed by atoms with E-state index in [1.54, 1.807) is 19.3 Å². The molecule has 6 rings (SSSR count). The van der Waals surface area contributed by atoms with Crippen LogP contribution in [0.25, 0.3) is 28.2 Å². The van der Waals surface area contributed by atoms with Crippen LogP contribution in [0.3, 0.4) is 0 Å². The molecular weight excluding hydrogens is 441 g/mol. The molecule has 0 amide bonds. The van der Waals surface area contributed by atoms with Crippen LogP contribution in [0.2, 0.25) is 0 Å². The number of hydrogen-bond acceptors (Lipinski definition) is 4. The summed E-state index contributed by atoms with van der Waals surface area (Å²) >= 11 is 0. The summed E-state index contributed by atoms with van der Waals surface area (Å²) in [6.07, 6.45) is 1.64. The van der Waals surface area contributed by atoms with Gasteiger partial charge in [0, 0.05) is 29.3 Å². The van der Waals surface area contributed by atoms with Gasteiger partial charge in [-0.2, -0.15) is 5.26 Å². The van der Waals surface area contributed by atoms with Gasteiger partial charge in [0.25, 0.3) is 0 Å². The highest BCUT2D eigenvalue weighted by Gasteiger charge is 2.23. The van der Waals surface area contributed by atoms with Crippen LogP contribution in [0.5, 0.6) is 5.75 Å². The lowest BCUT2D eigenvalue weighted by Gasteiger charge is -2.14. The van der Waals surface area contributed by atoms with E-state index in [4.69, 9.17) is 14.1 Å². The molecule has 0 N–H and O–H groups in total. The molecule has 170 valence electrons. The van der Waals surface area contributed by atoms with Gasteiger partial charge in [-0.05, 0) is 66.1 Å². The smallest absolute Gasteiger partial charge is 0.177 e. The Hall–Kier alpha value is -4.63. The third-order valence-electron chi connectivity index (χ3n) is 6.31. The van der Waals surface area contributed by atoms with Gasteiger partial charge in [0.1, 0.15) is 18.2 Å². The van der Waals surface area contributed by atoms with Crippen LogP contribution >= 0.6 is 0 Å². The van der Waals surface area contributed by atoms with Crippen molar-refractivity contribution < 1.29 is 13.5 Å². The van der Waals surface area contributed by atoms with Gasteiger partial charge in [0.2, 0.25) is 0 Å². The first-order chi connectivity index (χ1) is 17.1. The van der Waals surface area contributed by atoms with E-state index in [1.165, 1.54) is 12.1 Å². The monoisotopic (exact) mass is 461 g/mol. The molecule has 0 spiro atoms. The number of benzene rings is 3. The lowest BCUT2D eigenvalue weighted by Crippen LogP contribution is -2.04. The minimum atomic E-state index is -0.373. The highest BCUT2D eigenvalue weighted by molar-refractivity contribution is 5.88. The number of halogens is 1. The first-order valence-corrected chi connectivity index (χ1v) is 11.3. The van der Waals surface area contributed by atoms with Crippen molar-refractivity contribution in [1.82, 2.24) is 9.55 Å². The van der Waals surface area contributed by atoms with Gasteiger partial charge >= 0.3 is 0 Å². The molecule has 5 aromatic rings. The second kappa shape index (κ2) is 8.30. The predicted molar refractivity (Wildman–Crippen MR) is 131 cm³/mol. The number of fused-ring (bicyclic) bond motifs is 3. The molecule has 3 heterocycles. The van der Waals surface area contributed by atoms with Crippen LogP contribution in [-0.2, 0) is 13.2 Å². The Balaban J connectivity index is 1.46. The molecule has 5 nitrogen and oxygen atoms in total. The zero-order valence-corrected chi connectivity index (χ0v) is 19.0. The molecule has 35 heavy (non-hydrogen) atoms. The maximum atomic E-state index is 13.9. The van der Waals surface area contributed by atoms with Gasteiger partial charge in [0.15, 0.2) is 11.6 Å². The van der Waals surface area contributed by atoms with Crippen LogP contribution in [-0.4, -0.2) is 9.55 Å². The normalized spacial score (nSPS) is 14.0. The molecule has 0 bridgehead atoms. The van der Waals surface area contributed by atoms with Crippen molar-refractivity contribution in [1.29, 1.82) is 5.26 Å². The number of ether oxygens (including phenoxy) is 1. The number of aromatic nitrogens is 2. The van der Waals surface area contributed by atoms with Gasteiger partial charge in [-0.25, -0.2) is 9.37 Å². The number of hydrogen-bond donors (Lipinski definition) is 0. The Morgan fingerprint density at radius 2 is 1.91 bits per heavy atom. The molecule has 2 aromatic heterocycles. The maximum absolute atomic E-state index is 13.9. The largest absolute Gasteiger partial charge is 0.488 e. The number of furan rings is 1. The fourth-order valence-corrected chi connectivity index (χ4v) is 4.70. The minimum Gasteiger partial charge on any atom is -0.488 e. The minimum absolute atomic E-state index is 0.275. The molecule has 6 heteroatoms. The molecule has 0 atom stereocenters. The molecule has 1 aliphatic rings. The first-order valence-electron chi connectivity index (χ1n) is 11.3. The zero-order valence-electron chi connectivity index (χ0n) is 19.0. The Morgan fingerprint density at radius 1 is 1.06 bits per heavy atom. The van der Waals surface area contributed by atoms with Crippen LogP contribution in [0.4, 0.5) is 4.39 Å². The van der Waals surface area contributed by atoms with Gasteiger partial charge in [-0.15, -0.1) is 0 Å². The molecule has 0 radical (unpaired) electrons. The average Bonchev–Trinajstić information content (AvgIpc) is 3.49. The van der Waals surface area contributed by atoms with Crippen molar-refractivity contribution in [3.8, 4) is 23.4 Å². The summed E-state index contributed by atoms with van der Waals surface area (Å²) in [4.78, 5) is 4.80. The first kappa shape index (κ1) is 20.9. The van der Waals surface area contributed by atoms with E-state index >= 15 is 0 Å². The second-order valence-corrected chi connectivity index (χ2v) is 8.52. The molecule has 0 saturated carbocycles. The molecular formula is C29H20FN3O2. The van der Waals surface area contributed by atoms with E-state index in [0.717, 1.165) is 44.7 Å². The second-order valence-electron chi connectivity index (χ2n) is 8.52. The van der Waals surface area contributed by atoms with Gasteiger partial charge in [0.05, 0.1) is 23.4 Å². The summed E-state index contributed by atoms with van der Waals surface area (Å²) in [5.41, 5.74) is 6.85. The van der Waals surface area contributed by atoms with Gasteiger partial charge < -0.3 is 13.7 Å². The molecule has 0 unspecified atom stereocenters. The number of rotatable bonds is 3. The molecule has 1 aliphatic heterocycles. The van der Waals surface area contributed by atoms with Crippen molar-refractivity contribution in [3.05, 3.63) is 113 Å². The average molecular weight is 461 g/mol. The van der Waals surface area contributed by atoms with E-state index in [2.05, 4.69) is 22.8 Å². The lowest BCUT2D eigenvalue weighted by atomic mass is 9.90. The van der Waals surface area contributed by atoms with E-state index in [1.807, 2.05) is 42.5 Å². The number of nitriles is 1. The summed E-state index contributed by atoms with van der Waals surface area (Å²) in [5, 5.41) is 9.69. The fourth-order valence-electron chi connectivity index (χ4n) is 4.70. The van der Waals surface area contributed by atoms with Crippen LogP contribution in [0.15, 0.2) is 89.0 Å². The van der Waals surface area contributed by atoms with E-state index in [9.17, 15) is 9.65 Å². The van der Waals surface area contributed by atoms with Crippen LogP contribution in [0.1, 0.15) is 29.2 Å². The van der Waals surface area contributed by atoms with E-state index in [0.29, 0.717) is 23.6 Å². The number of para-hydroxylation sites is 2. The van der Waals surface area contributed by atoms with Gasteiger partial charge in [-0.3, -0.25) is 0 Å².